The predicted octanol–water partition coefficient (Wildman–Crippen LogP) is 2.21. The Bertz CT molecular complexity index is 552. The second-order valence-electron chi connectivity index (χ2n) is 7.24. The first-order valence-corrected chi connectivity index (χ1v) is 8.83. The molecule has 1 saturated heterocycles. The second kappa shape index (κ2) is 6.87. The number of nitrogens with two attached hydrogens (primary N) is 1. The van der Waals surface area contributed by atoms with E-state index in [1.165, 1.54) is 12.8 Å². The van der Waals surface area contributed by atoms with E-state index in [2.05, 4.69) is 21.3 Å². The van der Waals surface area contributed by atoms with Crippen LogP contribution in [-0.2, 0) is 11.3 Å². The minimum atomic E-state index is -0.374. The summed E-state index contributed by atoms with van der Waals surface area (Å²) in [5.41, 5.74) is 7.05. The van der Waals surface area contributed by atoms with Crippen LogP contribution in [0.5, 0.6) is 0 Å². The first-order valence-electron chi connectivity index (χ1n) is 8.83. The number of anilines is 1. The van der Waals surface area contributed by atoms with Gasteiger partial charge in [-0.15, -0.1) is 0 Å². The number of carbonyl (C=O) groups is 1. The van der Waals surface area contributed by atoms with Crippen LogP contribution in [0.2, 0.25) is 0 Å². The summed E-state index contributed by atoms with van der Waals surface area (Å²) >= 11 is 0. The Kier molecular flexibility index (Phi) is 4.85. The summed E-state index contributed by atoms with van der Waals surface area (Å²) in [5, 5.41) is 3.08. The number of carbonyl (C=O) groups excluding carboxylic acids is 1. The molecule has 2 fully saturated rings. The van der Waals surface area contributed by atoms with Crippen LogP contribution in [0.25, 0.3) is 0 Å². The van der Waals surface area contributed by atoms with Crippen molar-refractivity contribution in [2.75, 3.05) is 18.0 Å². The molecule has 0 bridgehead atoms. The fourth-order valence-corrected chi connectivity index (χ4v) is 3.79. The molecule has 1 aromatic rings. The molecule has 1 amide bonds. The van der Waals surface area contributed by atoms with Crippen molar-refractivity contribution in [3.05, 3.63) is 23.9 Å². The third kappa shape index (κ3) is 3.83. The molecule has 5 nitrogen and oxygen atoms in total. The van der Waals surface area contributed by atoms with Gasteiger partial charge in [-0.05, 0) is 50.3 Å². The number of aromatic nitrogens is 1. The molecule has 3 N–H and O–H groups in total. The first-order chi connectivity index (χ1) is 11.1. The average Bonchev–Trinajstić information content (AvgIpc) is 3.07. The maximum Gasteiger partial charge on any atom is 0.225 e. The molecule has 2 aliphatic rings. The number of amides is 1. The number of rotatable bonds is 4. The van der Waals surface area contributed by atoms with Crippen LogP contribution in [0.1, 0.15) is 51.0 Å². The third-order valence-corrected chi connectivity index (χ3v) is 5.28. The Labute approximate surface area is 138 Å². The van der Waals surface area contributed by atoms with E-state index in [9.17, 15) is 4.79 Å². The Morgan fingerprint density at radius 2 is 2.17 bits per heavy atom. The number of hydrogen-bond donors (Lipinski definition) is 2. The smallest absolute Gasteiger partial charge is 0.225 e. The lowest BCUT2D eigenvalue weighted by molar-refractivity contribution is -0.128. The highest BCUT2D eigenvalue weighted by Crippen LogP contribution is 2.31. The highest BCUT2D eigenvalue weighted by molar-refractivity contribution is 5.80. The Morgan fingerprint density at radius 3 is 2.91 bits per heavy atom. The minimum absolute atomic E-state index is 0.0730. The molecule has 0 aromatic carbocycles. The number of nitrogens with one attached hydrogen (secondary N) is 1. The normalized spacial score (nSPS) is 27.9. The highest BCUT2D eigenvalue weighted by atomic mass is 16.1. The topological polar surface area (TPSA) is 71.2 Å². The van der Waals surface area contributed by atoms with Gasteiger partial charge in [0.05, 0.1) is 5.92 Å². The number of pyridine rings is 1. The number of nitrogens with zero attached hydrogens (tertiary/aromatic N) is 2. The van der Waals surface area contributed by atoms with Crippen LogP contribution in [0, 0.1) is 5.92 Å². The lowest BCUT2D eigenvalue weighted by Gasteiger charge is -2.37. The zero-order chi connectivity index (χ0) is 16.3. The summed E-state index contributed by atoms with van der Waals surface area (Å²) in [5.74, 6) is 1.04. The summed E-state index contributed by atoms with van der Waals surface area (Å²) in [4.78, 5) is 19.3. The van der Waals surface area contributed by atoms with E-state index < -0.39 is 0 Å². The molecule has 126 valence electrons. The van der Waals surface area contributed by atoms with Crippen LogP contribution in [0.4, 0.5) is 5.82 Å². The third-order valence-electron chi connectivity index (χ3n) is 5.28. The van der Waals surface area contributed by atoms with Gasteiger partial charge in [0.25, 0.3) is 0 Å². The number of hydrogen-bond acceptors (Lipinski definition) is 4. The SMILES string of the molecule is CC1(N)CCCCC1C(=O)NCc1ccnc(N2CCCC2)c1. The molecule has 23 heavy (non-hydrogen) atoms. The molecule has 0 radical (unpaired) electrons. The molecule has 3 rings (SSSR count). The minimum Gasteiger partial charge on any atom is -0.357 e. The van der Waals surface area contributed by atoms with E-state index in [1.807, 2.05) is 19.2 Å². The van der Waals surface area contributed by atoms with E-state index in [-0.39, 0.29) is 17.4 Å². The van der Waals surface area contributed by atoms with Crippen LogP contribution in [0.15, 0.2) is 18.3 Å². The van der Waals surface area contributed by atoms with E-state index in [4.69, 9.17) is 5.73 Å². The maximum absolute atomic E-state index is 12.5. The Hall–Kier alpha value is -1.62. The summed E-state index contributed by atoms with van der Waals surface area (Å²) < 4.78 is 0. The van der Waals surface area contributed by atoms with Gasteiger partial charge in [-0.2, -0.15) is 0 Å². The summed E-state index contributed by atoms with van der Waals surface area (Å²) in [6.45, 7) is 4.72. The van der Waals surface area contributed by atoms with Gasteiger partial charge in [-0.3, -0.25) is 4.79 Å². The molecule has 1 aliphatic carbocycles. The van der Waals surface area contributed by atoms with Gasteiger partial charge >= 0.3 is 0 Å². The van der Waals surface area contributed by atoms with Crippen LogP contribution < -0.4 is 16.0 Å². The van der Waals surface area contributed by atoms with Crippen LogP contribution in [-0.4, -0.2) is 29.5 Å². The van der Waals surface area contributed by atoms with Gasteiger partial charge in [-0.25, -0.2) is 4.98 Å². The van der Waals surface area contributed by atoms with E-state index in [0.717, 1.165) is 50.2 Å². The molecule has 0 spiro atoms. The van der Waals surface area contributed by atoms with E-state index in [0.29, 0.717) is 6.54 Å². The fourth-order valence-electron chi connectivity index (χ4n) is 3.79. The van der Waals surface area contributed by atoms with Gasteiger partial charge in [0.2, 0.25) is 5.91 Å². The van der Waals surface area contributed by atoms with Crippen molar-refractivity contribution in [2.45, 2.75) is 57.5 Å². The van der Waals surface area contributed by atoms with Crippen LogP contribution >= 0.6 is 0 Å². The summed E-state index contributed by atoms with van der Waals surface area (Å²) in [6.07, 6.45) is 8.36. The average molecular weight is 316 g/mol. The molecule has 2 unspecified atom stereocenters. The van der Waals surface area contributed by atoms with Gasteiger partial charge in [-0.1, -0.05) is 12.8 Å². The standard InChI is InChI=1S/C18H28N4O/c1-18(19)8-3-2-6-15(18)17(23)21-13-14-7-9-20-16(12-14)22-10-4-5-11-22/h7,9,12,15H,2-6,8,10-11,13,19H2,1H3,(H,21,23). The van der Waals surface area contributed by atoms with Crippen LogP contribution in [0.3, 0.4) is 0 Å². The van der Waals surface area contributed by atoms with Gasteiger partial charge in [0.1, 0.15) is 5.82 Å². The Morgan fingerprint density at radius 1 is 1.39 bits per heavy atom. The molecule has 2 heterocycles. The van der Waals surface area contributed by atoms with Crippen molar-refractivity contribution in [2.24, 2.45) is 11.7 Å². The van der Waals surface area contributed by atoms with Crippen molar-refractivity contribution in [1.82, 2.24) is 10.3 Å². The lowest BCUT2D eigenvalue weighted by Crippen LogP contribution is -2.52. The van der Waals surface area contributed by atoms with Crippen molar-refractivity contribution in [3.63, 3.8) is 0 Å². The Balaban J connectivity index is 1.59. The molecule has 1 aromatic heterocycles. The zero-order valence-corrected chi connectivity index (χ0v) is 14.1. The van der Waals surface area contributed by atoms with Gasteiger partial charge in [0, 0.05) is 31.4 Å². The molecular formula is C18H28N4O. The monoisotopic (exact) mass is 316 g/mol. The first kappa shape index (κ1) is 16.2. The molecule has 1 saturated carbocycles. The second-order valence-corrected chi connectivity index (χ2v) is 7.24. The quantitative estimate of drug-likeness (QED) is 0.893. The van der Waals surface area contributed by atoms with Crippen molar-refractivity contribution in [1.29, 1.82) is 0 Å². The summed E-state index contributed by atoms with van der Waals surface area (Å²) in [7, 11) is 0. The van der Waals surface area contributed by atoms with Gasteiger partial charge < -0.3 is 16.0 Å². The highest BCUT2D eigenvalue weighted by Gasteiger charge is 2.37. The van der Waals surface area contributed by atoms with Crippen molar-refractivity contribution < 1.29 is 4.79 Å². The van der Waals surface area contributed by atoms with E-state index >= 15 is 0 Å². The van der Waals surface area contributed by atoms with Gasteiger partial charge in [0.15, 0.2) is 0 Å². The predicted molar refractivity (Wildman–Crippen MR) is 92.1 cm³/mol. The van der Waals surface area contributed by atoms with E-state index in [1.54, 1.807) is 0 Å². The molecule has 5 heteroatoms. The zero-order valence-electron chi connectivity index (χ0n) is 14.1. The van der Waals surface area contributed by atoms with Crippen molar-refractivity contribution in [3.8, 4) is 0 Å². The fraction of sp³-hybridized carbons (Fsp3) is 0.667. The van der Waals surface area contributed by atoms with Crippen molar-refractivity contribution >= 4 is 11.7 Å². The largest absolute Gasteiger partial charge is 0.357 e. The summed E-state index contributed by atoms with van der Waals surface area (Å²) in [6, 6.07) is 4.07. The molecule has 2 atom stereocenters. The maximum atomic E-state index is 12.5. The molecular weight excluding hydrogens is 288 g/mol. The lowest BCUT2D eigenvalue weighted by atomic mass is 9.74. The molecule has 1 aliphatic heterocycles.